The zero-order valence-electron chi connectivity index (χ0n) is 13.1. The molecule has 0 bridgehead atoms. The third-order valence-electron chi connectivity index (χ3n) is 3.45. The number of rotatable bonds is 4. The van der Waals surface area contributed by atoms with Crippen molar-refractivity contribution in [3.63, 3.8) is 0 Å². The Bertz CT molecular complexity index is 962. The van der Waals surface area contributed by atoms with Gasteiger partial charge in [-0.3, -0.25) is 0 Å². The van der Waals surface area contributed by atoms with Crippen molar-refractivity contribution < 1.29 is 12.6 Å². The largest absolute Gasteiger partial charge is 0.375 e. The number of aromatic nitrogens is 3. The minimum absolute atomic E-state index is 0.115. The molecule has 1 aromatic carbocycles. The molecule has 0 atom stereocenters. The van der Waals surface area contributed by atoms with Crippen molar-refractivity contribution >= 4 is 21.0 Å². The van der Waals surface area contributed by atoms with Crippen LogP contribution in [0, 0.1) is 6.92 Å². The second-order valence-corrected chi connectivity index (χ2v) is 7.06. The van der Waals surface area contributed by atoms with Crippen LogP contribution >= 0.6 is 0 Å². The number of fused-ring (bicyclic) bond motifs is 1. The van der Waals surface area contributed by atoms with Gasteiger partial charge in [0.1, 0.15) is 5.52 Å². The number of hydrogen-bond donors (Lipinski definition) is 0. The summed E-state index contributed by atoms with van der Waals surface area (Å²) in [5, 5.41) is 0.701. The van der Waals surface area contributed by atoms with E-state index in [2.05, 4.69) is 9.97 Å². The maximum absolute atomic E-state index is 12.4. The van der Waals surface area contributed by atoms with Gasteiger partial charge in [-0.15, -0.1) is 0 Å². The van der Waals surface area contributed by atoms with E-state index in [-0.39, 0.29) is 16.8 Å². The summed E-state index contributed by atoms with van der Waals surface area (Å²) < 4.78 is 31.9. The van der Waals surface area contributed by atoms with Gasteiger partial charge in [0.2, 0.25) is 5.03 Å². The van der Waals surface area contributed by atoms with E-state index in [9.17, 15) is 8.42 Å². The summed E-state index contributed by atoms with van der Waals surface area (Å²) in [4.78, 5) is 8.30. The SMILES string of the molecule is Cc1ccc2cccc(OS(=O)(=O)c3cn(C(C)C)cn3)c2n1. The normalized spacial score (nSPS) is 12.0. The van der Waals surface area contributed by atoms with Crippen LogP contribution in [0.3, 0.4) is 0 Å². The fraction of sp³-hybridized carbons (Fsp3) is 0.250. The molecule has 23 heavy (non-hydrogen) atoms. The van der Waals surface area contributed by atoms with Crippen molar-refractivity contribution in [2.45, 2.75) is 31.8 Å². The molecule has 0 saturated heterocycles. The Kier molecular flexibility index (Phi) is 3.81. The smallest absolute Gasteiger partial charge is 0.358 e. The Balaban J connectivity index is 2.01. The lowest BCUT2D eigenvalue weighted by Crippen LogP contribution is -2.11. The second kappa shape index (κ2) is 5.66. The van der Waals surface area contributed by atoms with Gasteiger partial charge in [-0.2, -0.15) is 8.42 Å². The lowest BCUT2D eigenvalue weighted by Gasteiger charge is -2.08. The third-order valence-corrected chi connectivity index (χ3v) is 4.57. The fourth-order valence-corrected chi connectivity index (χ4v) is 3.06. The number of para-hydroxylation sites is 1. The van der Waals surface area contributed by atoms with Crippen molar-refractivity contribution in [2.24, 2.45) is 0 Å². The summed E-state index contributed by atoms with van der Waals surface area (Å²) in [6.07, 6.45) is 2.94. The molecule has 7 heteroatoms. The van der Waals surface area contributed by atoms with Crippen LogP contribution in [-0.4, -0.2) is 23.0 Å². The number of nitrogens with zero attached hydrogens (tertiary/aromatic N) is 3. The van der Waals surface area contributed by atoms with Crippen LogP contribution in [0.15, 0.2) is 47.9 Å². The first kappa shape index (κ1) is 15.5. The van der Waals surface area contributed by atoms with E-state index >= 15 is 0 Å². The lowest BCUT2D eigenvalue weighted by molar-refractivity contribution is 0.484. The molecule has 3 aromatic rings. The zero-order valence-corrected chi connectivity index (χ0v) is 13.9. The second-order valence-electron chi connectivity index (χ2n) is 5.57. The predicted molar refractivity (Wildman–Crippen MR) is 86.9 cm³/mol. The van der Waals surface area contributed by atoms with Gasteiger partial charge in [0, 0.05) is 23.3 Å². The van der Waals surface area contributed by atoms with Gasteiger partial charge in [0.15, 0.2) is 5.75 Å². The molecule has 0 spiro atoms. The zero-order chi connectivity index (χ0) is 16.6. The standard InChI is InChI=1S/C16H17N3O3S/c1-11(2)19-9-15(17-10-19)23(20,21)22-14-6-4-5-13-8-7-12(3)18-16(13)14/h4-11H,1-3H3. The summed E-state index contributed by atoms with van der Waals surface area (Å²) in [6.45, 7) is 5.72. The van der Waals surface area contributed by atoms with Gasteiger partial charge < -0.3 is 8.75 Å². The summed E-state index contributed by atoms with van der Waals surface area (Å²) in [5.74, 6) is 0.199. The van der Waals surface area contributed by atoms with Crippen LogP contribution in [0.5, 0.6) is 5.75 Å². The van der Waals surface area contributed by atoms with Crippen LogP contribution in [-0.2, 0) is 10.1 Å². The van der Waals surface area contributed by atoms with Crippen LogP contribution in [0.1, 0.15) is 25.6 Å². The molecular formula is C16H17N3O3S. The molecule has 0 aliphatic rings. The number of hydrogen-bond acceptors (Lipinski definition) is 5. The molecule has 0 aliphatic carbocycles. The van der Waals surface area contributed by atoms with E-state index in [0.717, 1.165) is 11.1 Å². The van der Waals surface area contributed by atoms with Gasteiger partial charge in [-0.05, 0) is 32.9 Å². The number of benzene rings is 1. The number of pyridine rings is 1. The summed E-state index contributed by atoms with van der Waals surface area (Å²) in [5.41, 5.74) is 1.30. The maximum Gasteiger partial charge on any atom is 0.358 e. The Morgan fingerprint density at radius 1 is 1.17 bits per heavy atom. The van der Waals surface area contributed by atoms with E-state index in [1.165, 1.54) is 12.5 Å². The van der Waals surface area contributed by atoms with E-state index in [0.29, 0.717) is 5.52 Å². The van der Waals surface area contributed by atoms with Gasteiger partial charge in [-0.25, -0.2) is 9.97 Å². The first-order valence-electron chi connectivity index (χ1n) is 7.21. The Hall–Kier alpha value is -2.41. The molecule has 0 fully saturated rings. The van der Waals surface area contributed by atoms with Gasteiger partial charge in [-0.1, -0.05) is 18.2 Å². The Labute approximate surface area is 134 Å². The lowest BCUT2D eigenvalue weighted by atomic mass is 10.2. The minimum Gasteiger partial charge on any atom is -0.375 e. The quantitative estimate of drug-likeness (QED) is 0.687. The van der Waals surface area contributed by atoms with Gasteiger partial charge in [0.25, 0.3) is 0 Å². The third kappa shape index (κ3) is 3.05. The minimum atomic E-state index is -4.00. The first-order valence-corrected chi connectivity index (χ1v) is 8.62. The molecule has 0 aliphatic heterocycles. The van der Waals surface area contributed by atoms with Crippen molar-refractivity contribution in [1.82, 2.24) is 14.5 Å². The molecule has 6 nitrogen and oxygen atoms in total. The Morgan fingerprint density at radius 2 is 1.96 bits per heavy atom. The highest BCUT2D eigenvalue weighted by atomic mass is 32.2. The van der Waals surface area contributed by atoms with Crippen molar-refractivity contribution in [3.05, 3.63) is 48.5 Å². The highest BCUT2D eigenvalue weighted by molar-refractivity contribution is 7.87. The average Bonchev–Trinajstić information content (AvgIpc) is 2.98. The molecule has 0 unspecified atom stereocenters. The van der Waals surface area contributed by atoms with Gasteiger partial charge >= 0.3 is 10.1 Å². The van der Waals surface area contributed by atoms with Crippen LogP contribution in [0.4, 0.5) is 0 Å². The Morgan fingerprint density at radius 3 is 2.65 bits per heavy atom. The van der Waals surface area contributed by atoms with E-state index in [1.54, 1.807) is 16.7 Å². The summed E-state index contributed by atoms with van der Waals surface area (Å²) >= 11 is 0. The molecular weight excluding hydrogens is 314 g/mol. The molecule has 120 valence electrons. The predicted octanol–water partition coefficient (Wildman–Crippen LogP) is 3.09. The summed E-state index contributed by atoms with van der Waals surface area (Å²) in [6, 6.07) is 9.04. The van der Waals surface area contributed by atoms with E-state index in [4.69, 9.17) is 4.18 Å². The molecule has 0 radical (unpaired) electrons. The van der Waals surface area contributed by atoms with Crippen molar-refractivity contribution in [2.75, 3.05) is 0 Å². The highest BCUT2D eigenvalue weighted by Crippen LogP contribution is 2.26. The van der Waals surface area contributed by atoms with Crippen molar-refractivity contribution in [1.29, 1.82) is 0 Å². The molecule has 2 heterocycles. The molecule has 2 aromatic heterocycles. The topological polar surface area (TPSA) is 74.1 Å². The summed E-state index contributed by atoms with van der Waals surface area (Å²) in [7, 11) is -4.00. The molecule has 3 rings (SSSR count). The molecule has 0 amide bonds. The van der Waals surface area contributed by atoms with Crippen LogP contribution < -0.4 is 4.18 Å². The number of aryl methyl sites for hydroxylation is 1. The fourth-order valence-electron chi connectivity index (χ4n) is 2.17. The van der Waals surface area contributed by atoms with Crippen LogP contribution in [0.2, 0.25) is 0 Å². The average molecular weight is 331 g/mol. The monoisotopic (exact) mass is 331 g/mol. The molecule has 0 N–H and O–H groups in total. The number of imidazole rings is 1. The first-order chi connectivity index (χ1) is 10.9. The van der Waals surface area contributed by atoms with Gasteiger partial charge in [0.05, 0.1) is 6.33 Å². The molecule has 0 saturated carbocycles. The van der Waals surface area contributed by atoms with E-state index < -0.39 is 10.1 Å². The van der Waals surface area contributed by atoms with Crippen molar-refractivity contribution in [3.8, 4) is 5.75 Å². The highest BCUT2D eigenvalue weighted by Gasteiger charge is 2.22. The van der Waals surface area contributed by atoms with Crippen LogP contribution in [0.25, 0.3) is 10.9 Å². The van der Waals surface area contributed by atoms with E-state index in [1.807, 2.05) is 39.0 Å². The maximum atomic E-state index is 12.4.